The zero-order valence-electron chi connectivity index (χ0n) is 15.1. The van der Waals surface area contributed by atoms with Gasteiger partial charge in [-0.1, -0.05) is 30.3 Å². The number of methoxy groups -OCH3 is 1. The first-order valence-corrected chi connectivity index (χ1v) is 8.58. The molecule has 28 heavy (non-hydrogen) atoms. The minimum Gasteiger partial charge on any atom is -0.466 e. The van der Waals surface area contributed by atoms with E-state index in [-0.39, 0.29) is 0 Å². The summed E-state index contributed by atoms with van der Waals surface area (Å²) >= 11 is 0. The van der Waals surface area contributed by atoms with Crippen molar-refractivity contribution in [2.45, 2.75) is 0 Å². The Bertz CT molecular complexity index is 1180. The van der Waals surface area contributed by atoms with Crippen molar-refractivity contribution in [3.63, 3.8) is 0 Å². The van der Waals surface area contributed by atoms with Crippen LogP contribution in [0.25, 0.3) is 34.1 Å². The highest BCUT2D eigenvalue weighted by Crippen LogP contribution is 2.30. The summed E-state index contributed by atoms with van der Waals surface area (Å²) in [5.74, 6) is -0.0505. The molecule has 0 spiro atoms. The summed E-state index contributed by atoms with van der Waals surface area (Å²) in [6.45, 7) is 0. The second kappa shape index (κ2) is 7.32. The van der Waals surface area contributed by atoms with Crippen LogP contribution in [-0.4, -0.2) is 32.7 Å². The van der Waals surface area contributed by atoms with Gasteiger partial charge >= 0.3 is 5.97 Å². The highest BCUT2D eigenvalue weighted by Gasteiger charge is 2.15. The smallest absolute Gasteiger partial charge is 0.330 e. The number of benzene rings is 1. The van der Waals surface area contributed by atoms with E-state index in [1.807, 2.05) is 48.7 Å². The predicted molar refractivity (Wildman–Crippen MR) is 107 cm³/mol. The van der Waals surface area contributed by atoms with Crippen LogP contribution >= 0.6 is 0 Å². The van der Waals surface area contributed by atoms with Crippen LogP contribution in [0.15, 0.2) is 67.1 Å². The summed E-state index contributed by atoms with van der Waals surface area (Å²) in [6.07, 6.45) is 8.41. The van der Waals surface area contributed by atoms with E-state index in [1.54, 1.807) is 23.0 Å². The molecule has 4 rings (SSSR count). The van der Waals surface area contributed by atoms with E-state index < -0.39 is 5.97 Å². The number of nitrogens with two attached hydrogens (primary N) is 1. The first-order chi connectivity index (χ1) is 13.7. The molecule has 4 aromatic rings. The third-order valence-corrected chi connectivity index (χ3v) is 4.29. The highest BCUT2D eigenvalue weighted by atomic mass is 16.5. The lowest BCUT2D eigenvalue weighted by atomic mass is 10.0. The number of fused-ring (bicyclic) bond motifs is 1. The average Bonchev–Trinajstić information content (AvgIpc) is 3.07. The van der Waals surface area contributed by atoms with Gasteiger partial charge in [-0.2, -0.15) is 0 Å². The Morgan fingerprint density at radius 2 is 1.96 bits per heavy atom. The number of carbonyl (C=O) groups is 1. The molecule has 0 amide bonds. The molecule has 0 atom stereocenters. The maximum Gasteiger partial charge on any atom is 0.330 e. The van der Waals surface area contributed by atoms with Gasteiger partial charge in [0.15, 0.2) is 11.5 Å². The number of pyridine rings is 1. The van der Waals surface area contributed by atoms with Gasteiger partial charge < -0.3 is 10.5 Å². The number of nitrogen functional groups attached to an aromatic ring is 1. The molecule has 0 bridgehead atoms. The topological polar surface area (TPSA) is 95.4 Å². The van der Waals surface area contributed by atoms with Crippen molar-refractivity contribution in [1.82, 2.24) is 19.6 Å². The summed E-state index contributed by atoms with van der Waals surface area (Å²) in [5.41, 5.74) is 10.8. The molecule has 0 aliphatic heterocycles. The molecule has 0 unspecified atom stereocenters. The summed E-state index contributed by atoms with van der Waals surface area (Å²) in [6, 6.07) is 13.3. The van der Waals surface area contributed by atoms with E-state index in [4.69, 9.17) is 5.73 Å². The van der Waals surface area contributed by atoms with Crippen molar-refractivity contribution in [3.05, 3.63) is 72.7 Å². The Morgan fingerprint density at radius 3 is 2.75 bits per heavy atom. The number of hydrogen-bond donors (Lipinski definition) is 1. The number of nitrogens with zero attached hydrogens (tertiary/aromatic N) is 4. The van der Waals surface area contributed by atoms with Gasteiger partial charge in [0.2, 0.25) is 0 Å². The largest absolute Gasteiger partial charge is 0.466 e. The van der Waals surface area contributed by atoms with Crippen LogP contribution in [0.2, 0.25) is 0 Å². The lowest BCUT2D eigenvalue weighted by Crippen LogP contribution is -1.95. The van der Waals surface area contributed by atoms with E-state index in [9.17, 15) is 4.79 Å². The SMILES string of the molecule is COC(=O)/C=C/c1ccccc1-c1cnc2c(-c3ccccn3)c(N)nn2c1. The number of aromatic nitrogens is 4. The molecule has 0 saturated heterocycles. The van der Waals surface area contributed by atoms with Gasteiger partial charge in [-0.15, -0.1) is 5.10 Å². The fourth-order valence-electron chi connectivity index (χ4n) is 2.98. The van der Waals surface area contributed by atoms with Gasteiger partial charge in [0.1, 0.15) is 0 Å². The molecular weight excluding hydrogens is 354 g/mol. The lowest BCUT2D eigenvalue weighted by molar-refractivity contribution is -0.134. The monoisotopic (exact) mass is 371 g/mol. The van der Waals surface area contributed by atoms with Crippen LogP contribution in [0, 0.1) is 0 Å². The van der Waals surface area contributed by atoms with Gasteiger partial charge in [0.05, 0.1) is 18.4 Å². The van der Waals surface area contributed by atoms with E-state index >= 15 is 0 Å². The lowest BCUT2D eigenvalue weighted by Gasteiger charge is -2.07. The molecule has 3 heterocycles. The summed E-state index contributed by atoms with van der Waals surface area (Å²) in [5, 5.41) is 4.39. The second-order valence-corrected chi connectivity index (χ2v) is 6.03. The van der Waals surface area contributed by atoms with Crippen LogP contribution in [0.4, 0.5) is 5.82 Å². The molecule has 3 aromatic heterocycles. The predicted octanol–water partition coefficient (Wildman–Crippen LogP) is 3.23. The standard InChI is InChI=1S/C21H17N5O2/c1-28-18(27)10-9-14-6-2-3-7-16(14)15-12-24-21-19(17-8-4-5-11-23-17)20(22)25-26(21)13-15/h2-13H,1H3,(H2,22,25)/b10-9+. The van der Waals surface area contributed by atoms with Gasteiger partial charge in [-0.3, -0.25) is 4.98 Å². The fraction of sp³-hybridized carbons (Fsp3) is 0.0476. The number of ether oxygens (including phenoxy) is 1. The Labute approximate surface area is 161 Å². The van der Waals surface area contributed by atoms with Crippen LogP contribution in [0.3, 0.4) is 0 Å². The number of anilines is 1. The van der Waals surface area contributed by atoms with Crippen LogP contribution in [0.1, 0.15) is 5.56 Å². The zero-order valence-corrected chi connectivity index (χ0v) is 15.1. The summed E-state index contributed by atoms with van der Waals surface area (Å²) < 4.78 is 6.31. The first kappa shape index (κ1) is 17.4. The zero-order chi connectivity index (χ0) is 19.5. The minimum atomic E-state index is -0.414. The number of esters is 1. The van der Waals surface area contributed by atoms with Gasteiger partial charge in [0.25, 0.3) is 0 Å². The third-order valence-electron chi connectivity index (χ3n) is 4.29. The van der Waals surface area contributed by atoms with Gasteiger partial charge in [-0.05, 0) is 29.3 Å². The molecule has 7 nitrogen and oxygen atoms in total. The first-order valence-electron chi connectivity index (χ1n) is 8.58. The van der Waals surface area contributed by atoms with E-state index in [0.29, 0.717) is 17.0 Å². The molecule has 0 aliphatic rings. The normalized spacial score (nSPS) is 11.2. The Balaban J connectivity index is 1.80. The summed E-state index contributed by atoms with van der Waals surface area (Å²) in [4.78, 5) is 20.3. The van der Waals surface area contributed by atoms with Crippen molar-refractivity contribution in [3.8, 4) is 22.4 Å². The van der Waals surface area contributed by atoms with Gasteiger partial charge in [0, 0.05) is 30.2 Å². The van der Waals surface area contributed by atoms with E-state index in [0.717, 1.165) is 22.4 Å². The average molecular weight is 371 g/mol. The van der Waals surface area contributed by atoms with Crippen LogP contribution in [0.5, 0.6) is 0 Å². The molecule has 0 saturated carbocycles. The third kappa shape index (κ3) is 3.21. The molecule has 2 N–H and O–H groups in total. The minimum absolute atomic E-state index is 0.363. The van der Waals surface area contributed by atoms with Crippen LogP contribution in [-0.2, 0) is 9.53 Å². The molecule has 138 valence electrons. The van der Waals surface area contributed by atoms with Crippen LogP contribution < -0.4 is 5.73 Å². The maximum atomic E-state index is 11.4. The molecule has 1 aromatic carbocycles. The fourth-order valence-corrected chi connectivity index (χ4v) is 2.98. The highest BCUT2D eigenvalue weighted by molar-refractivity contribution is 5.89. The Morgan fingerprint density at radius 1 is 1.14 bits per heavy atom. The number of carbonyl (C=O) groups excluding carboxylic acids is 1. The van der Waals surface area contributed by atoms with Crippen molar-refractivity contribution >= 4 is 23.5 Å². The van der Waals surface area contributed by atoms with Crippen molar-refractivity contribution in [2.24, 2.45) is 0 Å². The molecule has 0 radical (unpaired) electrons. The van der Waals surface area contributed by atoms with Crippen molar-refractivity contribution in [2.75, 3.05) is 12.8 Å². The Hall–Kier alpha value is -4.00. The quantitative estimate of drug-likeness (QED) is 0.437. The molecule has 0 aliphatic carbocycles. The number of rotatable bonds is 4. The second-order valence-electron chi connectivity index (χ2n) is 6.03. The van der Waals surface area contributed by atoms with Crippen molar-refractivity contribution in [1.29, 1.82) is 0 Å². The van der Waals surface area contributed by atoms with Crippen molar-refractivity contribution < 1.29 is 9.53 Å². The van der Waals surface area contributed by atoms with Gasteiger partial charge in [-0.25, -0.2) is 14.3 Å². The van der Waals surface area contributed by atoms with E-state index in [2.05, 4.69) is 19.8 Å². The molecular formula is C21H17N5O2. The Kier molecular flexibility index (Phi) is 4.55. The number of hydrogen-bond acceptors (Lipinski definition) is 6. The summed E-state index contributed by atoms with van der Waals surface area (Å²) in [7, 11) is 1.34. The molecule has 0 fully saturated rings. The van der Waals surface area contributed by atoms with E-state index in [1.165, 1.54) is 13.2 Å². The molecule has 7 heteroatoms. The maximum absolute atomic E-state index is 11.4.